The fraction of sp³-hybridized carbons (Fsp3) is 0.522. The Morgan fingerprint density at radius 1 is 1.23 bits per heavy atom. The molecular formula is C23H27F3N8O. The van der Waals surface area contributed by atoms with E-state index >= 15 is 0 Å². The van der Waals surface area contributed by atoms with E-state index in [0.29, 0.717) is 46.5 Å². The summed E-state index contributed by atoms with van der Waals surface area (Å²) in [6.07, 6.45) is -0.0738. The normalized spacial score (nSPS) is 22.2. The maximum absolute atomic E-state index is 12.9. The molecule has 186 valence electrons. The van der Waals surface area contributed by atoms with Crippen LogP contribution in [-0.4, -0.2) is 49.8 Å². The minimum absolute atomic E-state index is 0.0554. The van der Waals surface area contributed by atoms with Gasteiger partial charge in [0.25, 0.3) is 0 Å². The van der Waals surface area contributed by atoms with Gasteiger partial charge in [0, 0.05) is 25.0 Å². The van der Waals surface area contributed by atoms with Crippen LogP contribution in [0.5, 0.6) is 0 Å². The van der Waals surface area contributed by atoms with Gasteiger partial charge in [-0.2, -0.15) is 23.3 Å². The average molecular weight is 489 g/mol. The maximum atomic E-state index is 12.9. The van der Waals surface area contributed by atoms with Crippen molar-refractivity contribution in [1.29, 1.82) is 0 Å². The number of alkyl halides is 3. The quantitative estimate of drug-likeness (QED) is 0.563. The average Bonchev–Trinajstić information content (AvgIpc) is 3.14. The second kappa shape index (κ2) is 8.35. The molecule has 0 aromatic carbocycles. The van der Waals surface area contributed by atoms with Crippen molar-refractivity contribution in [3.05, 3.63) is 29.8 Å². The topological polar surface area (TPSA) is 101 Å². The highest BCUT2D eigenvalue weighted by atomic mass is 19.4. The zero-order chi connectivity index (χ0) is 25.1. The van der Waals surface area contributed by atoms with Crippen LogP contribution in [0.2, 0.25) is 0 Å². The van der Waals surface area contributed by atoms with Gasteiger partial charge in [-0.25, -0.2) is 9.97 Å². The molecule has 12 heteroatoms. The van der Waals surface area contributed by atoms with Gasteiger partial charge in [-0.3, -0.25) is 9.48 Å². The van der Waals surface area contributed by atoms with Crippen molar-refractivity contribution in [2.45, 2.75) is 58.4 Å². The summed E-state index contributed by atoms with van der Waals surface area (Å²) in [6, 6.07) is 0.908. The summed E-state index contributed by atoms with van der Waals surface area (Å²) < 4.78 is 40.4. The van der Waals surface area contributed by atoms with Crippen LogP contribution < -0.4 is 15.5 Å². The lowest BCUT2D eigenvalue weighted by Gasteiger charge is -2.38. The highest BCUT2D eigenvalue weighted by Gasteiger charge is 2.37. The molecule has 0 saturated heterocycles. The molecule has 1 fully saturated rings. The van der Waals surface area contributed by atoms with E-state index < -0.39 is 11.9 Å². The number of amides is 1. The highest BCUT2D eigenvalue weighted by Crippen LogP contribution is 2.36. The first-order chi connectivity index (χ1) is 16.5. The molecule has 0 unspecified atom stereocenters. The minimum Gasteiger partial charge on any atom is -0.351 e. The van der Waals surface area contributed by atoms with E-state index in [9.17, 15) is 18.0 Å². The van der Waals surface area contributed by atoms with E-state index in [1.54, 1.807) is 4.68 Å². The van der Waals surface area contributed by atoms with Crippen LogP contribution in [0.15, 0.2) is 18.5 Å². The lowest BCUT2D eigenvalue weighted by atomic mass is 9.80. The van der Waals surface area contributed by atoms with Gasteiger partial charge in [0.05, 0.1) is 23.6 Å². The number of halogens is 3. The molecular weight excluding hydrogens is 461 g/mol. The number of rotatable bonds is 5. The van der Waals surface area contributed by atoms with Crippen molar-refractivity contribution in [2.75, 3.05) is 22.6 Å². The molecule has 5 rings (SSSR count). The van der Waals surface area contributed by atoms with Crippen LogP contribution in [0.1, 0.15) is 38.1 Å². The largest absolute Gasteiger partial charge is 0.433 e. The predicted molar refractivity (Wildman–Crippen MR) is 125 cm³/mol. The van der Waals surface area contributed by atoms with Gasteiger partial charge in [0.15, 0.2) is 5.82 Å². The third-order valence-corrected chi connectivity index (χ3v) is 6.79. The first kappa shape index (κ1) is 23.3. The minimum atomic E-state index is -4.48. The Balaban J connectivity index is 1.24. The van der Waals surface area contributed by atoms with E-state index in [4.69, 9.17) is 0 Å². The van der Waals surface area contributed by atoms with Crippen molar-refractivity contribution >= 4 is 34.3 Å². The first-order valence-corrected chi connectivity index (χ1v) is 11.6. The zero-order valence-corrected chi connectivity index (χ0v) is 19.9. The van der Waals surface area contributed by atoms with Gasteiger partial charge in [-0.15, -0.1) is 0 Å². The van der Waals surface area contributed by atoms with E-state index in [1.165, 1.54) is 12.4 Å². The number of hydrogen-bond donors (Lipinski definition) is 2. The van der Waals surface area contributed by atoms with E-state index in [-0.39, 0.29) is 23.9 Å². The monoisotopic (exact) mass is 488 g/mol. The fourth-order valence-corrected chi connectivity index (χ4v) is 4.99. The first-order valence-electron chi connectivity index (χ1n) is 11.6. The number of carbonyl (C=O) groups excluding carboxylic acids is 1. The van der Waals surface area contributed by atoms with Gasteiger partial charge >= 0.3 is 6.18 Å². The molecule has 1 saturated carbocycles. The van der Waals surface area contributed by atoms with Crippen molar-refractivity contribution in [3.63, 3.8) is 0 Å². The summed E-state index contributed by atoms with van der Waals surface area (Å²) in [4.78, 5) is 27.2. The molecule has 1 atom stereocenters. The van der Waals surface area contributed by atoms with Gasteiger partial charge in [0.2, 0.25) is 11.9 Å². The molecule has 0 bridgehead atoms. The Morgan fingerprint density at radius 2 is 1.97 bits per heavy atom. The van der Waals surface area contributed by atoms with Crippen molar-refractivity contribution in [1.82, 2.24) is 24.7 Å². The summed E-state index contributed by atoms with van der Waals surface area (Å²) in [5.74, 6) is 1.61. The van der Waals surface area contributed by atoms with Crippen LogP contribution in [0.3, 0.4) is 0 Å². The number of pyridine rings is 1. The Labute approximate surface area is 200 Å². The molecule has 0 spiro atoms. The fourth-order valence-electron chi connectivity index (χ4n) is 4.99. The van der Waals surface area contributed by atoms with Gasteiger partial charge in [-0.05, 0) is 37.7 Å². The molecule has 1 aliphatic carbocycles. The predicted octanol–water partition coefficient (Wildman–Crippen LogP) is 3.85. The smallest absolute Gasteiger partial charge is 0.351 e. The number of aromatic nitrogens is 5. The molecule has 2 aliphatic rings. The summed E-state index contributed by atoms with van der Waals surface area (Å²) in [5, 5.41) is 11.0. The van der Waals surface area contributed by atoms with Crippen LogP contribution in [0, 0.1) is 18.8 Å². The Kier molecular flexibility index (Phi) is 5.56. The molecule has 1 amide bonds. The third-order valence-electron chi connectivity index (χ3n) is 6.79. The summed E-state index contributed by atoms with van der Waals surface area (Å²) in [5.41, 5.74) is 1.01. The molecule has 0 radical (unpaired) electrons. The lowest BCUT2D eigenvalue weighted by Crippen LogP contribution is -2.50. The number of carbonyl (C=O) groups is 1. The molecule has 3 aromatic rings. The molecule has 3 aromatic heterocycles. The van der Waals surface area contributed by atoms with Crippen LogP contribution in [-0.2, 0) is 17.5 Å². The number of likely N-dealkylation sites (N-methyl/N-ethyl adjacent to an activating group) is 1. The van der Waals surface area contributed by atoms with Crippen molar-refractivity contribution in [2.24, 2.45) is 11.8 Å². The zero-order valence-electron chi connectivity index (χ0n) is 19.9. The SMILES string of the molecule is Cc1nc(NC2CC(Cn3ncc4cc(C(F)(F)F)ncc43)C2)nc2c1NC(=O)[C@H](C(C)C)N2C. The Morgan fingerprint density at radius 3 is 2.66 bits per heavy atom. The van der Waals surface area contributed by atoms with Crippen LogP contribution in [0.25, 0.3) is 10.9 Å². The summed E-state index contributed by atoms with van der Waals surface area (Å²) >= 11 is 0. The number of aryl methyl sites for hydroxylation is 1. The standard InChI is InChI=1S/C23H27F3N8O/c1-11(2)19-21(35)31-18-12(3)29-22(32-20(18)33(19)4)30-15-5-13(6-15)10-34-16-9-27-17(23(24,25)26)7-14(16)8-28-34/h7-9,11,13,15,19H,5-6,10H2,1-4H3,(H,31,35)(H,29,30,32)/t13?,15?,19-/m0/s1. The molecule has 1 aliphatic heterocycles. The molecule has 35 heavy (non-hydrogen) atoms. The molecule has 4 heterocycles. The van der Waals surface area contributed by atoms with E-state index in [0.717, 1.165) is 18.9 Å². The second-order valence-corrected chi connectivity index (χ2v) is 9.75. The third kappa shape index (κ3) is 4.25. The summed E-state index contributed by atoms with van der Waals surface area (Å²) in [6.45, 7) is 6.45. The highest BCUT2D eigenvalue weighted by molar-refractivity contribution is 6.03. The molecule has 2 N–H and O–H groups in total. The van der Waals surface area contributed by atoms with Crippen molar-refractivity contribution < 1.29 is 18.0 Å². The Hall–Kier alpha value is -3.44. The second-order valence-electron chi connectivity index (χ2n) is 9.75. The van der Waals surface area contributed by atoms with Gasteiger partial charge in [0.1, 0.15) is 17.4 Å². The number of nitrogens with zero attached hydrogens (tertiary/aromatic N) is 6. The molecule has 9 nitrogen and oxygen atoms in total. The number of fused-ring (bicyclic) bond motifs is 2. The Bertz CT molecular complexity index is 1280. The van der Waals surface area contributed by atoms with Gasteiger partial charge in [-0.1, -0.05) is 13.8 Å². The maximum Gasteiger partial charge on any atom is 0.433 e. The number of hydrogen-bond acceptors (Lipinski definition) is 7. The van der Waals surface area contributed by atoms with Crippen LogP contribution >= 0.6 is 0 Å². The van der Waals surface area contributed by atoms with Crippen LogP contribution in [0.4, 0.5) is 30.6 Å². The number of anilines is 3. The van der Waals surface area contributed by atoms with Crippen molar-refractivity contribution in [3.8, 4) is 0 Å². The van der Waals surface area contributed by atoms with E-state index in [2.05, 4.69) is 30.7 Å². The summed E-state index contributed by atoms with van der Waals surface area (Å²) in [7, 11) is 1.87. The number of nitrogens with one attached hydrogen (secondary N) is 2. The lowest BCUT2D eigenvalue weighted by molar-refractivity contribution is -0.141. The van der Waals surface area contributed by atoms with E-state index in [1.807, 2.05) is 32.7 Å². The van der Waals surface area contributed by atoms with Gasteiger partial charge < -0.3 is 15.5 Å².